The summed E-state index contributed by atoms with van der Waals surface area (Å²) in [6, 6.07) is 0. The van der Waals surface area contributed by atoms with E-state index in [1.54, 1.807) is 0 Å². The van der Waals surface area contributed by atoms with Gasteiger partial charge in [-0.15, -0.1) is 0 Å². The van der Waals surface area contributed by atoms with Crippen molar-refractivity contribution in [3.8, 4) is 0 Å². The summed E-state index contributed by atoms with van der Waals surface area (Å²) in [5.41, 5.74) is 0. The van der Waals surface area contributed by atoms with Crippen LogP contribution in [0.3, 0.4) is 0 Å². The molecule has 0 bridgehead atoms. The van der Waals surface area contributed by atoms with E-state index in [9.17, 15) is 9.59 Å². The second kappa shape index (κ2) is 4.44. The van der Waals surface area contributed by atoms with Crippen LogP contribution in [0.25, 0.3) is 0 Å². The zero-order chi connectivity index (χ0) is 7.28. The zero-order valence-electron chi connectivity index (χ0n) is 4.83. The van der Waals surface area contributed by atoms with Crippen LogP contribution in [0.2, 0.25) is 10.0 Å². The van der Waals surface area contributed by atoms with Crippen molar-refractivity contribution in [3.63, 3.8) is 0 Å². The van der Waals surface area contributed by atoms with Crippen molar-refractivity contribution in [1.82, 2.24) is 0 Å². The molecule has 0 rings (SSSR count). The van der Waals surface area contributed by atoms with Crippen LogP contribution in [0.5, 0.6) is 0 Å². The van der Waals surface area contributed by atoms with Gasteiger partial charge in [0.25, 0.3) is 0 Å². The van der Waals surface area contributed by atoms with Gasteiger partial charge < -0.3 is 0 Å². The van der Waals surface area contributed by atoms with E-state index in [2.05, 4.69) is 0 Å². The molecule has 0 amide bonds. The molecule has 0 saturated heterocycles. The van der Waals surface area contributed by atoms with Crippen LogP contribution in [0.1, 0.15) is 0 Å². The van der Waals surface area contributed by atoms with Crippen molar-refractivity contribution in [2.45, 2.75) is 10.0 Å². The number of hydrogen-bond acceptors (Lipinski definition) is 2. The third-order valence-electron chi connectivity index (χ3n) is 0.781. The molecule has 2 N–H and O–H groups in total. The summed E-state index contributed by atoms with van der Waals surface area (Å²) in [5.74, 6) is -1.73. The van der Waals surface area contributed by atoms with Gasteiger partial charge in [-0.3, -0.25) is 0 Å². The Morgan fingerprint density at radius 1 is 1.11 bits per heavy atom. The Hall–Kier alpha value is -0.437. The van der Waals surface area contributed by atoms with Crippen LogP contribution < -0.4 is 0 Å². The number of rotatable bonds is 4. The second-order valence-corrected chi connectivity index (χ2v) is 5.22. The van der Waals surface area contributed by atoms with Crippen LogP contribution in [-0.2, 0) is 26.7 Å². The van der Waals surface area contributed by atoms with E-state index in [0.29, 0.717) is 0 Å². The molecule has 0 aromatic carbocycles. The van der Waals surface area contributed by atoms with Crippen molar-refractivity contribution in [2.24, 2.45) is 0 Å². The Balaban J connectivity index is 3.10. The monoisotopic (exact) mass is 182 g/mol. The molecule has 0 saturated carbocycles. The first-order valence-corrected chi connectivity index (χ1v) is 6.76. The summed E-state index contributed by atoms with van der Waals surface area (Å²) in [5, 5.41) is 16.4. The molecule has 0 aliphatic rings. The van der Waals surface area contributed by atoms with Gasteiger partial charge in [0.15, 0.2) is 0 Å². The Kier molecular flexibility index (Phi) is 4.23. The van der Waals surface area contributed by atoms with E-state index < -0.39 is 29.1 Å². The Morgan fingerprint density at radius 2 is 1.44 bits per heavy atom. The molecule has 0 aromatic rings. The number of carboxylic acids is 2. The standard InChI is InChI=1S/2C2H3O2.Zn/c2*1-2(3)4;/h2*1H2,(H,3,4);. The van der Waals surface area contributed by atoms with Crippen molar-refractivity contribution < 1.29 is 36.9 Å². The minimum absolute atomic E-state index is 0.124. The SMILES string of the molecule is O=C(O)[CH2][Zn][CH2]C(=O)O. The molecular formula is C4H6O4Zn. The van der Waals surface area contributed by atoms with Crippen molar-refractivity contribution >= 4 is 11.9 Å². The Morgan fingerprint density at radius 3 is 1.67 bits per heavy atom. The molecule has 0 spiro atoms. The van der Waals surface area contributed by atoms with Gasteiger partial charge in [0, 0.05) is 0 Å². The predicted molar refractivity (Wildman–Crippen MR) is 24.9 cm³/mol. The van der Waals surface area contributed by atoms with Gasteiger partial charge in [0.2, 0.25) is 0 Å². The fourth-order valence-electron chi connectivity index (χ4n) is 0.391. The summed E-state index contributed by atoms with van der Waals surface area (Å²) in [6.07, 6.45) is 0. The molecule has 0 atom stereocenters. The molecule has 0 heterocycles. The number of aliphatic carboxylic acids is 2. The topological polar surface area (TPSA) is 74.6 Å². The molecule has 4 nitrogen and oxygen atoms in total. The summed E-state index contributed by atoms with van der Waals surface area (Å²) in [7, 11) is 0. The summed E-state index contributed by atoms with van der Waals surface area (Å²) in [6.45, 7) is 0. The Bertz CT molecular complexity index is 108. The average molecular weight is 183 g/mol. The van der Waals surface area contributed by atoms with E-state index in [1.165, 1.54) is 0 Å². The van der Waals surface area contributed by atoms with Gasteiger partial charge in [0.1, 0.15) is 0 Å². The van der Waals surface area contributed by atoms with Crippen LogP contribution in [0.4, 0.5) is 0 Å². The van der Waals surface area contributed by atoms with Crippen LogP contribution in [-0.4, -0.2) is 22.2 Å². The third kappa shape index (κ3) is 7.56. The van der Waals surface area contributed by atoms with Gasteiger partial charge in [-0.05, 0) is 0 Å². The van der Waals surface area contributed by atoms with E-state index in [4.69, 9.17) is 10.2 Å². The summed E-state index contributed by atoms with van der Waals surface area (Å²) in [4.78, 5) is 19.7. The molecule has 48 valence electrons. The van der Waals surface area contributed by atoms with E-state index in [-0.39, 0.29) is 10.0 Å². The quantitative estimate of drug-likeness (QED) is 0.605. The van der Waals surface area contributed by atoms with Gasteiger partial charge in [-0.2, -0.15) is 0 Å². The molecule has 0 aliphatic carbocycles. The molecule has 0 radical (unpaired) electrons. The van der Waals surface area contributed by atoms with Gasteiger partial charge in [0.05, 0.1) is 0 Å². The molecule has 0 fully saturated rings. The number of carboxylic acid groups (broad SMARTS) is 2. The van der Waals surface area contributed by atoms with Gasteiger partial charge in [-0.1, -0.05) is 0 Å². The minimum atomic E-state index is -1.27. The van der Waals surface area contributed by atoms with Gasteiger partial charge >= 0.3 is 58.9 Å². The molecule has 9 heavy (non-hydrogen) atoms. The van der Waals surface area contributed by atoms with E-state index >= 15 is 0 Å². The maximum atomic E-state index is 9.83. The first-order valence-electron chi connectivity index (χ1n) is 2.56. The maximum absolute atomic E-state index is 9.83. The fraction of sp³-hybridized carbons (Fsp3) is 0.500. The normalized spacial score (nSPS) is 8.00. The van der Waals surface area contributed by atoms with E-state index in [1.807, 2.05) is 0 Å². The van der Waals surface area contributed by atoms with Crippen molar-refractivity contribution in [1.29, 1.82) is 0 Å². The summed E-state index contributed by atoms with van der Waals surface area (Å²) >= 11 is -1.27. The van der Waals surface area contributed by atoms with Crippen LogP contribution in [0, 0.1) is 0 Å². The molecule has 5 heteroatoms. The molecular weight excluding hydrogens is 177 g/mol. The summed E-state index contributed by atoms with van der Waals surface area (Å²) < 4.78 is 0. The van der Waals surface area contributed by atoms with Crippen molar-refractivity contribution in [2.75, 3.05) is 0 Å². The third-order valence-corrected chi connectivity index (χ3v) is 4.06. The van der Waals surface area contributed by atoms with Crippen molar-refractivity contribution in [3.05, 3.63) is 0 Å². The number of hydrogen-bond donors (Lipinski definition) is 2. The molecule has 0 aliphatic heterocycles. The van der Waals surface area contributed by atoms with Gasteiger partial charge in [-0.25, -0.2) is 0 Å². The first kappa shape index (κ1) is 8.56. The van der Waals surface area contributed by atoms with Crippen LogP contribution in [0.15, 0.2) is 0 Å². The predicted octanol–water partition coefficient (Wildman–Crippen LogP) is 0.0747. The fourth-order valence-corrected chi connectivity index (χ4v) is 2.03. The number of carbonyl (C=O) groups is 2. The average Bonchev–Trinajstić information content (AvgIpc) is 1.63. The molecule has 0 aromatic heterocycles. The Labute approximate surface area is 59.5 Å². The van der Waals surface area contributed by atoms with E-state index in [0.717, 1.165) is 0 Å². The first-order chi connectivity index (χ1) is 4.13. The zero-order valence-corrected chi connectivity index (χ0v) is 7.80. The molecule has 0 unspecified atom stereocenters. The van der Waals surface area contributed by atoms with Crippen LogP contribution >= 0.6 is 0 Å². The second-order valence-electron chi connectivity index (χ2n) is 1.64.